The molecule has 1 atom stereocenters. The lowest BCUT2D eigenvalue weighted by atomic mass is 9.72. The molecule has 0 bridgehead atoms. The summed E-state index contributed by atoms with van der Waals surface area (Å²) in [5.74, 6) is 1.62. The van der Waals surface area contributed by atoms with Crippen LogP contribution in [0.2, 0.25) is 0 Å². The summed E-state index contributed by atoms with van der Waals surface area (Å²) >= 11 is 0. The number of aromatic nitrogens is 4. The number of nitrogens with one attached hydrogen (secondary N) is 2. The van der Waals surface area contributed by atoms with Gasteiger partial charge < -0.3 is 15.7 Å². The molecule has 2 heterocycles. The molecule has 1 fully saturated rings. The van der Waals surface area contributed by atoms with E-state index >= 15 is 0 Å². The minimum atomic E-state index is -0.238. The van der Waals surface area contributed by atoms with Gasteiger partial charge in [-0.05, 0) is 54.2 Å². The number of nitrogens with zero attached hydrogens (tertiary/aromatic N) is 5. The van der Waals surface area contributed by atoms with Gasteiger partial charge in [0, 0.05) is 38.3 Å². The quantitative estimate of drug-likeness (QED) is 0.243. The van der Waals surface area contributed by atoms with E-state index in [0.29, 0.717) is 36.2 Å². The molecule has 42 heavy (non-hydrogen) atoms. The number of hydrogen-bond donors (Lipinski definition) is 3. The van der Waals surface area contributed by atoms with Gasteiger partial charge in [0.1, 0.15) is 23.3 Å². The topological polar surface area (TPSA) is 129 Å². The van der Waals surface area contributed by atoms with Gasteiger partial charge >= 0.3 is 0 Å². The number of aliphatic hydroxyl groups is 1. The van der Waals surface area contributed by atoms with Crippen molar-refractivity contribution in [1.29, 1.82) is 5.26 Å². The van der Waals surface area contributed by atoms with Gasteiger partial charge in [-0.3, -0.25) is 9.48 Å². The van der Waals surface area contributed by atoms with Crippen LogP contribution in [0.1, 0.15) is 54.1 Å². The maximum absolute atomic E-state index is 13.7. The molecule has 0 radical (unpaired) electrons. The molecule has 1 aliphatic rings. The normalized spacial score (nSPS) is 17.3. The minimum absolute atomic E-state index is 0.0412. The Morgan fingerprint density at radius 1 is 1.07 bits per heavy atom. The smallest absolute Gasteiger partial charge is 0.228 e. The maximum atomic E-state index is 13.7. The first kappa shape index (κ1) is 29.0. The highest BCUT2D eigenvalue weighted by Gasteiger charge is 2.33. The van der Waals surface area contributed by atoms with E-state index in [9.17, 15) is 10.1 Å². The molecule has 216 valence electrons. The van der Waals surface area contributed by atoms with Crippen LogP contribution in [0, 0.1) is 23.2 Å². The molecule has 1 unspecified atom stereocenters. The molecule has 9 nitrogen and oxygen atoms in total. The van der Waals surface area contributed by atoms with Crippen LogP contribution in [0.25, 0.3) is 11.1 Å². The van der Waals surface area contributed by atoms with E-state index < -0.39 is 0 Å². The van der Waals surface area contributed by atoms with Crippen LogP contribution in [0.3, 0.4) is 0 Å². The lowest BCUT2D eigenvalue weighted by Crippen LogP contribution is -2.35. The second-order valence-electron chi connectivity index (χ2n) is 11.0. The minimum Gasteiger partial charge on any atom is -0.395 e. The molecule has 1 amide bonds. The van der Waals surface area contributed by atoms with Gasteiger partial charge in [0.05, 0.1) is 24.9 Å². The maximum Gasteiger partial charge on any atom is 0.228 e. The fraction of sp³-hybridized carbons (Fsp3) is 0.364. The van der Waals surface area contributed by atoms with Crippen LogP contribution in [-0.2, 0) is 24.8 Å². The van der Waals surface area contributed by atoms with Crippen LogP contribution in [0.5, 0.6) is 0 Å². The summed E-state index contributed by atoms with van der Waals surface area (Å²) in [5, 5.41) is 29.0. The second kappa shape index (κ2) is 13.9. The molecule has 4 aromatic rings. The molecule has 1 aliphatic carbocycles. The van der Waals surface area contributed by atoms with Crippen LogP contribution >= 0.6 is 0 Å². The van der Waals surface area contributed by atoms with E-state index in [-0.39, 0.29) is 24.3 Å². The summed E-state index contributed by atoms with van der Waals surface area (Å²) in [7, 11) is 1.90. The van der Waals surface area contributed by atoms with Crippen molar-refractivity contribution < 1.29 is 9.90 Å². The van der Waals surface area contributed by atoms with Crippen molar-refractivity contribution >= 4 is 11.7 Å². The van der Waals surface area contributed by atoms with Crippen LogP contribution in [0.4, 0.5) is 5.82 Å². The first-order valence-electron chi connectivity index (χ1n) is 14.6. The molecule has 2 aromatic carbocycles. The van der Waals surface area contributed by atoms with Crippen LogP contribution in [0.15, 0.2) is 73.2 Å². The van der Waals surface area contributed by atoms with Crippen molar-refractivity contribution in [2.24, 2.45) is 18.9 Å². The standard InChI is InChI=1S/C33H37N7O2/c1-40-22-29(21-38-40)25-11-13-27(14-12-25)31(33(42)37-19-24-5-3-2-4-6-24)26-9-7-23(8-10-26)17-30-36-20-28(18-34)32(39-30)35-15-16-41/h2-6,11-14,20-23,26,31,41H,7-10,15-17,19H2,1H3,(H,37,42)(H,35,36,39). The zero-order valence-corrected chi connectivity index (χ0v) is 23.9. The molecule has 2 aromatic heterocycles. The summed E-state index contributed by atoms with van der Waals surface area (Å²) in [5.41, 5.74) is 4.61. The number of amides is 1. The van der Waals surface area contributed by atoms with Gasteiger partial charge in [0.15, 0.2) is 0 Å². The zero-order chi connectivity index (χ0) is 29.3. The Bertz CT molecular complexity index is 1500. The highest BCUT2D eigenvalue weighted by molar-refractivity contribution is 5.84. The van der Waals surface area contributed by atoms with Crippen molar-refractivity contribution in [3.63, 3.8) is 0 Å². The molecular formula is C33H37N7O2. The van der Waals surface area contributed by atoms with E-state index in [2.05, 4.69) is 56.0 Å². The van der Waals surface area contributed by atoms with E-state index in [4.69, 9.17) is 5.11 Å². The van der Waals surface area contributed by atoms with Crippen LogP contribution in [-0.4, -0.2) is 43.9 Å². The van der Waals surface area contributed by atoms with Gasteiger partial charge in [-0.2, -0.15) is 10.4 Å². The van der Waals surface area contributed by atoms with Gasteiger partial charge in [0.25, 0.3) is 0 Å². The number of hydrogen-bond acceptors (Lipinski definition) is 7. The Labute approximate surface area is 246 Å². The number of aryl methyl sites for hydroxylation is 1. The first-order chi connectivity index (χ1) is 20.5. The highest BCUT2D eigenvalue weighted by atomic mass is 16.3. The SMILES string of the molecule is Cn1cc(-c2ccc(C(C(=O)NCc3ccccc3)C3CCC(Cc4ncc(C#N)c(NCCO)n4)CC3)cc2)cn1. The molecular weight excluding hydrogens is 526 g/mol. The summed E-state index contributed by atoms with van der Waals surface area (Å²) in [6.45, 7) is 0.787. The Kier molecular flexibility index (Phi) is 9.57. The van der Waals surface area contributed by atoms with Crippen molar-refractivity contribution in [3.05, 3.63) is 95.7 Å². The number of benzene rings is 2. The number of nitriles is 1. The number of aliphatic hydroxyl groups excluding tert-OH is 1. The van der Waals surface area contributed by atoms with Gasteiger partial charge in [0.2, 0.25) is 5.91 Å². The summed E-state index contributed by atoms with van der Waals surface area (Å²) in [6, 6.07) is 20.5. The van der Waals surface area contributed by atoms with E-state index in [1.165, 1.54) is 0 Å². The molecule has 0 saturated heterocycles. The summed E-state index contributed by atoms with van der Waals surface area (Å²) in [6.07, 6.45) is 9.93. The van der Waals surface area contributed by atoms with Crippen molar-refractivity contribution in [3.8, 4) is 17.2 Å². The van der Waals surface area contributed by atoms with Crippen molar-refractivity contribution in [2.45, 2.75) is 44.6 Å². The second-order valence-corrected chi connectivity index (χ2v) is 11.0. The van der Waals surface area contributed by atoms with E-state index in [0.717, 1.165) is 54.4 Å². The Hall–Kier alpha value is -4.55. The third kappa shape index (κ3) is 7.20. The van der Waals surface area contributed by atoms with Crippen LogP contribution < -0.4 is 10.6 Å². The monoisotopic (exact) mass is 563 g/mol. The Morgan fingerprint density at radius 2 is 1.83 bits per heavy atom. The highest BCUT2D eigenvalue weighted by Crippen LogP contribution is 2.40. The lowest BCUT2D eigenvalue weighted by Gasteiger charge is -2.33. The largest absolute Gasteiger partial charge is 0.395 e. The van der Waals surface area contributed by atoms with E-state index in [1.807, 2.05) is 49.8 Å². The molecule has 1 saturated carbocycles. The predicted molar refractivity (Wildman–Crippen MR) is 161 cm³/mol. The molecule has 3 N–H and O–H groups in total. The van der Waals surface area contributed by atoms with Crippen molar-refractivity contribution in [2.75, 3.05) is 18.5 Å². The average Bonchev–Trinajstić information content (AvgIpc) is 3.47. The third-order valence-electron chi connectivity index (χ3n) is 8.10. The van der Waals surface area contributed by atoms with E-state index in [1.54, 1.807) is 10.9 Å². The molecule has 9 heteroatoms. The van der Waals surface area contributed by atoms with Gasteiger partial charge in [-0.15, -0.1) is 0 Å². The summed E-state index contributed by atoms with van der Waals surface area (Å²) in [4.78, 5) is 22.7. The fourth-order valence-electron chi connectivity index (χ4n) is 5.88. The first-order valence-corrected chi connectivity index (χ1v) is 14.6. The zero-order valence-electron chi connectivity index (χ0n) is 23.9. The molecule has 0 spiro atoms. The molecule has 5 rings (SSSR count). The van der Waals surface area contributed by atoms with Gasteiger partial charge in [-0.25, -0.2) is 9.97 Å². The Balaban J connectivity index is 1.28. The fourth-order valence-corrected chi connectivity index (χ4v) is 5.88. The third-order valence-corrected chi connectivity index (χ3v) is 8.10. The number of carbonyl (C=O) groups excluding carboxylic acids is 1. The van der Waals surface area contributed by atoms with Gasteiger partial charge in [-0.1, -0.05) is 54.6 Å². The number of anilines is 1. The average molecular weight is 564 g/mol. The Morgan fingerprint density at radius 3 is 2.50 bits per heavy atom. The predicted octanol–water partition coefficient (Wildman–Crippen LogP) is 4.60. The lowest BCUT2D eigenvalue weighted by molar-refractivity contribution is -0.124. The summed E-state index contributed by atoms with van der Waals surface area (Å²) < 4.78 is 1.79. The number of rotatable bonds is 11. The van der Waals surface area contributed by atoms with Crippen molar-refractivity contribution in [1.82, 2.24) is 25.1 Å². The molecule has 0 aliphatic heterocycles. The number of carbonyl (C=O) groups is 1.